The van der Waals surface area contributed by atoms with E-state index in [1.807, 2.05) is 0 Å². The molecular weight excluding hydrogens is 298 g/mol. The van der Waals surface area contributed by atoms with E-state index < -0.39 is 5.25 Å². The van der Waals surface area contributed by atoms with Gasteiger partial charge in [0.25, 0.3) is 5.56 Å². The molecule has 20 heavy (non-hydrogen) atoms. The Morgan fingerprint density at radius 1 is 1.40 bits per heavy atom. The molecule has 1 heterocycles. The van der Waals surface area contributed by atoms with Crippen molar-refractivity contribution in [1.82, 2.24) is 9.97 Å². The number of hydrogen-bond donors (Lipinski definition) is 2. The molecule has 2 aromatic rings. The summed E-state index contributed by atoms with van der Waals surface area (Å²) in [5, 5.41) is 3.19. The molecule has 0 saturated carbocycles. The molecule has 2 N–H and O–H groups in total. The van der Waals surface area contributed by atoms with E-state index in [4.69, 9.17) is 11.6 Å². The van der Waals surface area contributed by atoms with Crippen LogP contribution in [0.4, 0.5) is 5.69 Å². The Bertz CT molecular complexity index is 674. The quantitative estimate of drug-likeness (QED) is 0.672. The van der Waals surface area contributed by atoms with Crippen molar-refractivity contribution >= 4 is 35.0 Å². The van der Waals surface area contributed by atoms with Crippen LogP contribution in [0, 0.1) is 0 Å². The number of carbonyl (C=O) groups is 1. The van der Waals surface area contributed by atoms with Gasteiger partial charge in [0, 0.05) is 12.3 Å². The molecular formula is C13H12ClN3O2S. The van der Waals surface area contributed by atoms with Crippen LogP contribution in [-0.4, -0.2) is 21.1 Å². The number of carbonyl (C=O) groups excluding carboxylic acids is 1. The zero-order chi connectivity index (χ0) is 14.5. The fraction of sp³-hybridized carbons (Fsp3) is 0.154. The van der Waals surface area contributed by atoms with E-state index in [1.54, 1.807) is 31.2 Å². The van der Waals surface area contributed by atoms with Gasteiger partial charge in [0.1, 0.15) is 0 Å². The van der Waals surface area contributed by atoms with E-state index in [0.717, 1.165) is 0 Å². The van der Waals surface area contributed by atoms with E-state index >= 15 is 0 Å². The predicted octanol–water partition coefficient (Wildman–Crippen LogP) is 2.54. The Balaban J connectivity index is 2.02. The molecule has 0 saturated heterocycles. The number of hydrogen-bond acceptors (Lipinski definition) is 4. The number of aromatic amines is 1. The average Bonchev–Trinajstić information content (AvgIpc) is 2.41. The van der Waals surface area contributed by atoms with E-state index in [1.165, 1.54) is 24.0 Å². The summed E-state index contributed by atoms with van der Waals surface area (Å²) in [6.45, 7) is 1.73. The lowest BCUT2D eigenvalue weighted by atomic mass is 10.3. The number of thioether (sulfide) groups is 1. The van der Waals surface area contributed by atoms with E-state index in [-0.39, 0.29) is 11.5 Å². The highest BCUT2D eigenvalue weighted by Gasteiger charge is 2.16. The van der Waals surface area contributed by atoms with Crippen molar-refractivity contribution in [2.75, 3.05) is 5.32 Å². The van der Waals surface area contributed by atoms with Gasteiger partial charge in [-0.1, -0.05) is 35.5 Å². The SMILES string of the molecule is C[C@H](Sc1nccc(=O)[nH]1)C(=O)Nc1ccccc1Cl. The van der Waals surface area contributed by atoms with Gasteiger partial charge >= 0.3 is 0 Å². The first-order chi connectivity index (χ1) is 9.56. The normalized spacial score (nSPS) is 11.9. The minimum absolute atomic E-state index is 0.213. The van der Waals surface area contributed by atoms with Crippen molar-refractivity contribution in [2.45, 2.75) is 17.3 Å². The number of rotatable bonds is 4. The third kappa shape index (κ3) is 3.85. The van der Waals surface area contributed by atoms with Crippen LogP contribution < -0.4 is 10.9 Å². The Kier molecular flexibility index (Phi) is 4.81. The highest BCUT2D eigenvalue weighted by Crippen LogP contribution is 2.23. The average molecular weight is 310 g/mol. The van der Waals surface area contributed by atoms with Gasteiger partial charge in [-0.3, -0.25) is 9.59 Å². The summed E-state index contributed by atoms with van der Waals surface area (Å²) >= 11 is 7.14. The molecule has 1 amide bonds. The highest BCUT2D eigenvalue weighted by atomic mass is 35.5. The minimum Gasteiger partial charge on any atom is -0.324 e. The third-order valence-corrected chi connectivity index (χ3v) is 3.77. The van der Waals surface area contributed by atoms with E-state index in [9.17, 15) is 9.59 Å². The lowest BCUT2D eigenvalue weighted by molar-refractivity contribution is -0.115. The summed E-state index contributed by atoms with van der Waals surface area (Å²) in [6.07, 6.45) is 1.40. The standard InChI is InChI=1S/C13H12ClN3O2S/c1-8(20-13-15-7-6-11(18)17-13)12(19)16-10-5-3-2-4-9(10)14/h2-8H,1H3,(H,16,19)(H,15,17,18)/t8-/m0/s1. The fourth-order valence-electron chi connectivity index (χ4n) is 1.43. The number of H-pyrrole nitrogens is 1. The maximum Gasteiger partial charge on any atom is 0.251 e. The van der Waals surface area contributed by atoms with Gasteiger partial charge < -0.3 is 10.3 Å². The van der Waals surface area contributed by atoms with E-state index in [0.29, 0.717) is 15.9 Å². The maximum absolute atomic E-state index is 12.0. The van der Waals surface area contributed by atoms with E-state index in [2.05, 4.69) is 15.3 Å². The Labute approximate surface area is 124 Å². The number of nitrogens with one attached hydrogen (secondary N) is 2. The molecule has 1 aromatic heterocycles. The molecule has 5 nitrogen and oxygen atoms in total. The number of benzene rings is 1. The van der Waals surface area contributed by atoms with Crippen LogP contribution in [-0.2, 0) is 4.79 Å². The Morgan fingerprint density at radius 3 is 2.85 bits per heavy atom. The predicted molar refractivity (Wildman–Crippen MR) is 80.3 cm³/mol. The molecule has 1 aromatic carbocycles. The van der Waals surface area contributed by atoms with Crippen molar-refractivity contribution in [2.24, 2.45) is 0 Å². The Hall–Kier alpha value is -1.79. The number of amides is 1. The van der Waals surface area contributed by atoms with Crippen molar-refractivity contribution in [3.63, 3.8) is 0 Å². The maximum atomic E-state index is 12.0. The molecule has 0 spiro atoms. The largest absolute Gasteiger partial charge is 0.324 e. The number of halogens is 1. The second-order valence-corrected chi connectivity index (χ2v) is 5.71. The first-order valence-electron chi connectivity index (χ1n) is 5.83. The molecule has 0 radical (unpaired) electrons. The number of nitrogens with zero attached hydrogens (tertiary/aromatic N) is 1. The van der Waals surface area contributed by atoms with Gasteiger partial charge in [0.05, 0.1) is 16.0 Å². The summed E-state index contributed by atoms with van der Waals surface area (Å²) in [4.78, 5) is 29.7. The third-order valence-electron chi connectivity index (χ3n) is 2.44. The van der Waals surface area contributed by atoms with Gasteiger partial charge in [-0.15, -0.1) is 0 Å². The molecule has 0 aliphatic rings. The number of anilines is 1. The number of aromatic nitrogens is 2. The molecule has 0 unspecified atom stereocenters. The van der Waals surface area contributed by atoms with Crippen LogP contribution in [0.2, 0.25) is 5.02 Å². The molecule has 104 valence electrons. The van der Waals surface area contributed by atoms with Crippen LogP contribution in [0.3, 0.4) is 0 Å². The Morgan fingerprint density at radius 2 is 2.15 bits per heavy atom. The summed E-state index contributed by atoms with van der Waals surface area (Å²) in [5.74, 6) is -0.213. The van der Waals surface area contributed by atoms with Crippen molar-refractivity contribution in [1.29, 1.82) is 0 Å². The van der Waals surface area contributed by atoms with Crippen LogP contribution in [0.25, 0.3) is 0 Å². The molecule has 0 aliphatic heterocycles. The second kappa shape index (κ2) is 6.58. The molecule has 7 heteroatoms. The fourth-order valence-corrected chi connectivity index (χ4v) is 2.39. The zero-order valence-electron chi connectivity index (χ0n) is 10.6. The minimum atomic E-state index is -0.420. The monoisotopic (exact) mass is 309 g/mol. The first kappa shape index (κ1) is 14.6. The van der Waals surface area contributed by atoms with Gasteiger partial charge in [-0.25, -0.2) is 4.98 Å². The topological polar surface area (TPSA) is 74.8 Å². The lowest BCUT2D eigenvalue weighted by Crippen LogP contribution is -2.23. The van der Waals surface area contributed by atoms with Crippen molar-refractivity contribution in [3.8, 4) is 0 Å². The van der Waals surface area contributed by atoms with Crippen LogP contribution in [0.15, 0.2) is 46.5 Å². The zero-order valence-corrected chi connectivity index (χ0v) is 12.2. The molecule has 0 aliphatic carbocycles. The summed E-state index contributed by atoms with van der Waals surface area (Å²) in [7, 11) is 0. The highest BCUT2D eigenvalue weighted by molar-refractivity contribution is 8.00. The molecule has 1 atom stereocenters. The second-order valence-electron chi connectivity index (χ2n) is 3.97. The molecule has 0 bridgehead atoms. The van der Waals surface area contributed by atoms with Crippen LogP contribution in [0.5, 0.6) is 0 Å². The van der Waals surface area contributed by atoms with Gasteiger partial charge in [-0.2, -0.15) is 0 Å². The summed E-state index contributed by atoms with van der Waals surface area (Å²) in [5.41, 5.74) is 0.308. The lowest BCUT2D eigenvalue weighted by Gasteiger charge is -2.12. The smallest absolute Gasteiger partial charge is 0.251 e. The van der Waals surface area contributed by atoms with Gasteiger partial charge in [0.15, 0.2) is 5.16 Å². The molecule has 0 fully saturated rings. The first-order valence-corrected chi connectivity index (χ1v) is 7.09. The van der Waals surface area contributed by atoms with Gasteiger partial charge in [-0.05, 0) is 19.1 Å². The van der Waals surface area contributed by atoms with Crippen LogP contribution >= 0.6 is 23.4 Å². The molecule has 2 rings (SSSR count). The van der Waals surface area contributed by atoms with Crippen molar-refractivity contribution in [3.05, 3.63) is 51.9 Å². The van der Waals surface area contributed by atoms with Crippen molar-refractivity contribution < 1.29 is 4.79 Å². The van der Waals surface area contributed by atoms with Gasteiger partial charge in [0.2, 0.25) is 5.91 Å². The summed E-state index contributed by atoms with van der Waals surface area (Å²) < 4.78 is 0. The number of para-hydroxylation sites is 1. The van der Waals surface area contributed by atoms with Crippen LogP contribution in [0.1, 0.15) is 6.92 Å². The summed E-state index contributed by atoms with van der Waals surface area (Å²) in [6, 6.07) is 8.31.